The molecule has 1 amide bonds. The average Bonchev–Trinajstić information content (AvgIpc) is 3.29. The number of carbonyl (C=O) groups is 1. The fourth-order valence-corrected chi connectivity index (χ4v) is 3.68. The first-order valence-electron chi connectivity index (χ1n) is 8.08. The minimum absolute atomic E-state index is 0.223. The van der Waals surface area contributed by atoms with Crippen LogP contribution in [-0.2, 0) is 13.1 Å². The Morgan fingerprint density at radius 3 is 3.25 bits per heavy atom. The summed E-state index contributed by atoms with van der Waals surface area (Å²) in [6, 6.07) is 0. The van der Waals surface area contributed by atoms with Gasteiger partial charge in [0.1, 0.15) is 0 Å². The van der Waals surface area contributed by atoms with Crippen LogP contribution < -0.4 is 10.6 Å². The number of hydrogen-bond donors (Lipinski definition) is 2. The Kier molecular flexibility index (Phi) is 4.26. The van der Waals surface area contributed by atoms with E-state index in [1.54, 1.807) is 22.2 Å². The van der Waals surface area contributed by atoms with E-state index in [2.05, 4.69) is 25.9 Å². The fourth-order valence-electron chi connectivity index (χ4n) is 2.96. The van der Waals surface area contributed by atoms with Crippen LogP contribution in [0.25, 0.3) is 4.96 Å². The standard InChI is InChI=1S/C15H19N7OS/c23-14(17-7-12-9-21-4-5-24-15(21)18-12)13-10-22(20-19-13)8-11-2-1-3-16-6-11/h4-5,9-11,16H,1-3,6-8H2,(H,17,23)/t11-/m0/s1. The number of rotatable bonds is 5. The number of thiazole rings is 1. The van der Waals surface area contributed by atoms with Crippen molar-refractivity contribution in [3.05, 3.63) is 35.4 Å². The summed E-state index contributed by atoms with van der Waals surface area (Å²) in [5, 5.41) is 16.3. The van der Waals surface area contributed by atoms with Gasteiger partial charge in [0.2, 0.25) is 0 Å². The molecule has 126 valence electrons. The molecule has 4 heterocycles. The van der Waals surface area contributed by atoms with Crippen LogP contribution in [0.5, 0.6) is 0 Å². The topological polar surface area (TPSA) is 89.1 Å². The van der Waals surface area contributed by atoms with E-state index in [1.807, 2.05) is 22.2 Å². The molecule has 0 saturated carbocycles. The average molecular weight is 345 g/mol. The number of aromatic nitrogens is 5. The lowest BCUT2D eigenvalue weighted by atomic mass is 10.00. The zero-order valence-electron chi connectivity index (χ0n) is 13.2. The Morgan fingerprint density at radius 1 is 1.46 bits per heavy atom. The molecule has 0 radical (unpaired) electrons. The molecule has 0 aromatic carbocycles. The first-order chi connectivity index (χ1) is 11.8. The highest BCUT2D eigenvalue weighted by Crippen LogP contribution is 2.13. The molecule has 4 rings (SSSR count). The van der Waals surface area contributed by atoms with Crippen LogP contribution in [0.3, 0.4) is 0 Å². The van der Waals surface area contributed by atoms with Crippen molar-refractivity contribution in [2.45, 2.75) is 25.9 Å². The molecule has 24 heavy (non-hydrogen) atoms. The van der Waals surface area contributed by atoms with Crippen LogP contribution in [0.4, 0.5) is 0 Å². The molecule has 9 heteroatoms. The van der Waals surface area contributed by atoms with Gasteiger partial charge in [-0.15, -0.1) is 16.4 Å². The smallest absolute Gasteiger partial charge is 0.273 e. The van der Waals surface area contributed by atoms with Crippen LogP contribution >= 0.6 is 11.3 Å². The number of carbonyl (C=O) groups excluding carboxylic acids is 1. The van der Waals surface area contributed by atoms with Gasteiger partial charge in [0, 0.05) is 24.3 Å². The minimum Gasteiger partial charge on any atom is -0.345 e. The molecule has 1 saturated heterocycles. The SMILES string of the molecule is O=C(NCc1cn2ccsc2n1)c1cn(C[C@H]2CCCNC2)nn1. The molecule has 1 aliphatic heterocycles. The van der Waals surface area contributed by atoms with Gasteiger partial charge in [0.15, 0.2) is 10.7 Å². The summed E-state index contributed by atoms with van der Waals surface area (Å²) < 4.78 is 3.71. The molecule has 0 bridgehead atoms. The van der Waals surface area contributed by atoms with E-state index in [-0.39, 0.29) is 5.91 Å². The van der Waals surface area contributed by atoms with Crippen molar-refractivity contribution in [3.63, 3.8) is 0 Å². The monoisotopic (exact) mass is 345 g/mol. The molecule has 0 unspecified atom stereocenters. The van der Waals surface area contributed by atoms with Gasteiger partial charge in [-0.05, 0) is 31.8 Å². The van der Waals surface area contributed by atoms with Crippen molar-refractivity contribution < 1.29 is 4.79 Å². The summed E-state index contributed by atoms with van der Waals surface area (Å²) in [6.07, 6.45) is 7.96. The number of imidazole rings is 1. The van der Waals surface area contributed by atoms with Crippen molar-refractivity contribution in [1.29, 1.82) is 0 Å². The molecule has 1 aliphatic rings. The van der Waals surface area contributed by atoms with Crippen molar-refractivity contribution in [2.75, 3.05) is 13.1 Å². The molecule has 2 N–H and O–H groups in total. The third-order valence-electron chi connectivity index (χ3n) is 4.19. The number of piperidine rings is 1. The second kappa shape index (κ2) is 6.70. The van der Waals surface area contributed by atoms with Gasteiger partial charge in [-0.25, -0.2) is 4.98 Å². The maximum atomic E-state index is 12.2. The van der Waals surface area contributed by atoms with Crippen LogP contribution in [0.2, 0.25) is 0 Å². The van der Waals surface area contributed by atoms with Gasteiger partial charge in [0.05, 0.1) is 18.4 Å². The van der Waals surface area contributed by atoms with Crippen LogP contribution in [-0.4, -0.2) is 43.4 Å². The Bertz CT molecular complexity index is 801. The van der Waals surface area contributed by atoms with E-state index in [1.165, 1.54) is 12.8 Å². The third kappa shape index (κ3) is 3.31. The Labute approximate surface area is 142 Å². The molecule has 3 aromatic rings. The summed E-state index contributed by atoms with van der Waals surface area (Å²) in [4.78, 5) is 17.6. The van der Waals surface area contributed by atoms with Gasteiger partial charge >= 0.3 is 0 Å². The Morgan fingerprint density at radius 2 is 2.42 bits per heavy atom. The highest BCUT2D eigenvalue weighted by atomic mass is 32.1. The van der Waals surface area contributed by atoms with E-state index in [4.69, 9.17) is 0 Å². The van der Waals surface area contributed by atoms with Crippen LogP contribution in [0.1, 0.15) is 29.0 Å². The molecular formula is C15H19N7OS. The lowest BCUT2D eigenvalue weighted by molar-refractivity contribution is 0.0945. The van der Waals surface area contributed by atoms with E-state index in [0.29, 0.717) is 18.2 Å². The molecule has 0 spiro atoms. The number of hydrogen-bond acceptors (Lipinski definition) is 6. The molecule has 3 aromatic heterocycles. The van der Waals surface area contributed by atoms with Crippen molar-refractivity contribution in [2.24, 2.45) is 5.92 Å². The summed E-state index contributed by atoms with van der Waals surface area (Å²) in [5.41, 5.74) is 1.18. The van der Waals surface area contributed by atoms with Gasteiger partial charge < -0.3 is 10.6 Å². The predicted octanol–water partition coefficient (Wildman–Crippen LogP) is 0.917. The van der Waals surface area contributed by atoms with E-state index in [9.17, 15) is 4.79 Å². The second-order valence-corrected chi connectivity index (χ2v) is 6.92. The fraction of sp³-hybridized carbons (Fsp3) is 0.467. The highest BCUT2D eigenvalue weighted by Gasteiger charge is 2.16. The first kappa shape index (κ1) is 15.3. The lowest BCUT2D eigenvalue weighted by Crippen LogP contribution is -2.32. The normalized spacial score (nSPS) is 18.1. The Hall–Kier alpha value is -2.26. The summed E-state index contributed by atoms with van der Waals surface area (Å²) in [5.74, 6) is 0.328. The summed E-state index contributed by atoms with van der Waals surface area (Å²) >= 11 is 1.57. The van der Waals surface area contributed by atoms with Crippen LogP contribution in [0, 0.1) is 5.92 Å². The minimum atomic E-state index is -0.223. The lowest BCUT2D eigenvalue weighted by Gasteiger charge is -2.22. The molecule has 1 atom stereocenters. The largest absolute Gasteiger partial charge is 0.345 e. The van der Waals surface area contributed by atoms with E-state index >= 15 is 0 Å². The molecular weight excluding hydrogens is 326 g/mol. The van der Waals surface area contributed by atoms with Crippen LogP contribution in [0.15, 0.2) is 24.0 Å². The quantitative estimate of drug-likeness (QED) is 0.718. The molecule has 1 fully saturated rings. The first-order valence-corrected chi connectivity index (χ1v) is 8.96. The summed E-state index contributed by atoms with van der Waals surface area (Å²) in [7, 11) is 0. The molecule has 0 aliphatic carbocycles. The maximum Gasteiger partial charge on any atom is 0.273 e. The number of amides is 1. The highest BCUT2D eigenvalue weighted by molar-refractivity contribution is 7.15. The van der Waals surface area contributed by atoms with Crippen molar-refractivity contribution in [3.8, 4) is 0 Å². The van der Waals surface area contributed by atoms with Gasteiger partial charge in [0.25, 0.3) is 5.91 Å². The summed E-state index contributed by atoms with van der Waals surface area (Å²) in [6.45, 7) is 3.27. The van der Waals surface area contributed by atoms with Gasteiger partial charge in [-0.2, -0.15) is 0 Å². The second-order valence-electron chi connectivity index (χ2n) is 6.05. The maximum absolute atomic E-state index is 12.2. The van der Waals surface area contributed by atoms with Crippen molar-refractivity contribution in [1.82, 2.24) is 35.0 Å². The zero-order valence-corrected chi connectivity index (χ0v) is 14.0. The third-order valence-corrected chi connectivity index (χ3v) is 4.96. The Balaban J connectivity index is 1.33. The van der Waals surface area contributed by atoms with E-state index < -0.39 is 0 Å². The van der Waals surface area contributed by atoms with Gasteiger partial charge in [-0.3, -0.25) is 13.9 Å². The number of nitrogens with zero attached hydrogens (tertiary/aromatic N) is 5. The predicted molar refractivity (Wildman–Crippen MR) is 89.9 cm³/mol. The number of fused-ring (bicyclic) bond motifs is 1. The molecule has 8 nitrogen and oxygen atoms in total. The van der Waals surface area contributed by atoms with E-state index in [0.717, 1.165) is 30.3 Å². The van der Waals surface area contributed by atoms with Gasteiger partial charge in [-0.1, -0.05) is 5.21 Å². The zero-order chi connectivity index (χ0) is 16.4. The van der Waals surface area contributed by atoms with Crippen molar-refractivity contribution >= 4 is 22.2 Å². The number of nitrogens with one attached hydrogen (secondary N) is 2.